The molecule has 0 saturated heterocycles. The third-order valence-electron chi connectivity index (χ3n) is 5.15. The van der Waals surface area contributed by atoms with Crippen molar-refractivity contribution < 1.29 is 0 Å². The maximum absolute atomic E-state index is 2.65. The molecular formula is C18H25I. The SMILES string of the molecule is Ic1c(C2CCCCC2)cccc1C1CCCCC1. The number of halogens is 1. The number of hydrogen-bond donors (Lipinski definition) is 0. The first-order valence-electron chi connectivity index (χ1n) is 8.14. The Labute approximate surface area is 131 Å². The van der Waals surface area contributed by atoms with Crippen molar-refractivity contribution >= 4 is 22.6 Å². The average molecular weight is 368 g/mol. The summed E-state index contributed by atoms with van der Waals surface area (Å²) in [6.45, 7) is 0. The summed E-state index contributed by atoms with van der Waals surface area (Å²) < 4.78 is 1.61. The number of benzene rings is 1. The van der Waals surface area contributed by atoms with Crippen molar-refractivity contribution in [2.24, 2.45) is 0 Å². The quantitative estimate of drug-likeness (QED) is 0.531. The van der Waals surface area contributed by atoms with Crippen LogP contribution in [0.1, 0.15) is 87.2 Å². The molecule has 0 atom stereocenters. The molecule has 0 N–H and O–H groups in total. The summed E-state index contributed by atoms with van der Waals surface area (Å²) in [6, 6.07) is 7.14. The number of hydrogen-bond acceptors (Lipinski definition) is 0. The van der Waals surface area contributed by atoms with Crippen molar-refractivity contribution in [2.75, 3.05) is 0 Å². The maximum atomic E-state index is 2.65. The fourth-order valence-corrected chi connectivity index (χ4v) is 5.27. The molecule has 1 aromatic rings. The molecule has 104 valence electrons. The first-order valence-corrected chi connectivity index (χ1v) is 9.22. The summed E-state index contributed by atoms with van der Waals surface area (Å²) in [4.78, 5) is 0. The third kappa shape index (κ3) is 3.17. The first-order chi connectivity index (χ1) is 9.36. The van der Waals surface area contributed by atoms with E-state index in [1.807, 2.05) is 0 Å². The van der Waals surface area contributed by atoms with Gasteiger partial charge in [0.25, 0.3) is 0 Å². The van der Waals surface area contributed by atoms with E-state index >= 15 is 0 Å². The molecule has 3 rings (SSSR count). The van der Waals surface area contributed by atoms with Gasteiger partial charge >= 0.3 is 0 Å². The molecule has 0 unspecified atom stereocenters. The van der Waals surface area contributed by atoms with Crippen LogP contribution in [-0.4, -0.2) is 0 Å². The van der Waals surface area contributed by atoms with Gasteiger partial charge in [-0.1, -0.05) is 56.7 Å². The molecule has 0 aliphatic heterocycles. The largest absolute Gasteiger partial charge is 0.0616 e. The van der Waals surface area contributed by atoms with E-state index in [-0.39, 0.29) is 0 Å². The van der Waals surface area contributed by atoms with Crippen LogP contribution < -0.4 is 0 Å². The van der Waals surface area contributed by atoms with Gasteiger partial charge in [0.1, 0.15) is 0 Å². The van der Waals surface area contributed by atoms with Gasteiger partial charge in [-0.2, -0.15) is 0 Å². The van der Waals surface area contributed by atoms with Crippen LogP contribution in [0.5, 0.6) is 0 Å². The monoisotopic (exact) mass is 368 g/mol. The maximum Gasteiger partial charge on any atom is 0.0200 e. The second-order valence-electron chi connectivity index (χ2n) is 6.42. The Balaban J connectivity index is 1.84. The Hall–Kier alpha value is -0.0500. The standard InChI is InChI=1S/C18H25I/c19-18-16(14-8-3-1-4-9-14)12-7-13-17(18)15-10-5-2-6-11-15/h7,12-15H,1-6,8-11H2. The van der Waals surface area contributed by atoms with Crippen molar-refractivity contribution in [3.8, 4) is 0 Å². The zero-order valence-corrected chi connectivity index (χ0v) is 14.0. The predicted molar refractivity (Wildman–Crippen MR) is 90.8 cm³/mol. The Morgan fingerprint density at radius 2 is 1.11 bits per heavy atom. The van der Waals surface area contributed by atoms with Crippen molar-refractivity contribution in [2.45, 2.75) is 76.0 Å². The zero-order valence-electron chi connectivity index (χ0n) is 11.8. The minimum atomic E-state index is 0.851. The van der Waals surface area contributed by atoms with Gasteiger partial charge in [-0.15, -0.1) is 0 Å². The fourth-order valence-electron chi connectivity index (χ4n) is 4.03. The van der Waals surface area contributed by atoms with E-state index in [1.54, 1.807) is 14.7 Å². The van der Waals surface area contributed by atoms with Gasteiger partial charge in [0, 0.05) is 3.57 Å². The molecule has 0 radical (unpaired) electrons. The highest BCUT2D eigenvalue weighted by Gasteiger charge is 2.23. The summed E-state index contributed by atoms with van der Waals surface area (Å²) in [7, 11) is 0. The van der Waals surface area contributed by atoms with Crippen LogP contribution in [0, 0.1) is 3.57 Å². The molecule has 19 heavy (non-hydrogen) atoms. The summed E-state index contributed by atoms with van der Waals surface area (Å²) >= 11 is 2.65. The molecule has 0 spiro atoms. The van der Waals surface area contributed by atoms with E-state index in [9.17, 15) is 0 Å². The van der Waals surface area contributed by atoms with Crippen LogP contribution in [0.2, 0.25) is 0 Å². The topological polar surface area (TPSA) is 0 Å². The smallest absolute Gasteiger partial charge is 0.0200 e. The lowest BCUT2D eigenvalue weighted by molar-refractivity contribution is 0.433. The van der Waals surface area contributed by atoms with E-state index in [2.05, 4.69) is 40.8 Å². The molecule has 0 bridgehead atoms. The highest BCUT2D eigenvalue weighted by atomic mass is 127. The van der Waals surface area contributed by atoms with Gasteiger partial charge in [0.15, 0.2) is 0 Å². The van der Waals surface area contributed by atoms with Crippen molar-refractivity contribution in [1.82, 2.24) is 0 Å². The lowest BCUT2D eigenvalue weighted by Gasteiger charge is -2.27. The minimum absolute atomic E-state index is 0.851. The molecule has 1 aromatic carbocycles. The van der Waals surface area contributed by atoms with E-state index in [4.69, 9.17) is 0 Å². The van der Waals surface area contributed by atoms with Crippen LogP contribution in [0.15, 0.2) is 18.2 Å². The van der Waals surface area contributed by atoms with Crippen molar-refractivity contribution in [1.29, 1.82) is 0 Å². The molecule has 0 nitrogen and oxygen atoms in total. The van der Waals surface area contributed by atoms with Crippen LogP contribution in [0.4, 0.5) is 0 Å². The van der Waals surface area contributed by atoms with Crippen molar-refractivity contribution in [3.05, 3.63) is 32.9 Å². The van der Waals surface area contributed by atoms with Gasteiger partial charge in [-0.05, 0) is 71.2 Å². The Bertz CT molecular complexity index is 375. The Morgan fingerprint density at radius 3 is 1.53 bits per heavy atom. The molecule has 2 aliphatic carbocycles. The van der Waals surface area contributed by atoms with Crippen molar-refractivity contribution in [3.63, 3.8) is 0 Å². The Morgan fingerprint density at radius 1 is 0.684 bits per heavy atom. The average Bonchev–Trinajstić information content (AvgIpc) is 2.49. The van der Waals surface area contributed by atoms with Gasteiger partial charge in [0.05, 0.1) is 0 Å². The summed E-state index contributed by atoms with van der Waals surface area (Å²) in [5.74, 6) is 1.70. The third-order valence-corrected chi connectivity index (χ3v) is 6.39. The van der Waals surface area contributed by atoms with E-state index < -0.39 is 0 Å². The lowest BCUT2D eigenvalue weighted by atomic mass is 9.80. The fraction of sp³-hybridized carbons (Fsp3) is 0.667. The van der Waals surface area contributed by atoms with Crippen LogP contribution in [0.25, 0.3) is 0 Å². The molecule has 0 aromatic heterocycles. The Kier molecular flexibility index (Phi) is 4.83. The van der Waals surface area contributed by atoms with Gasteiger partial charge in [0.2, 0.25) is 0 Å². The molecule has 1 heteroatoms. The normalized spacial score (nSPS) is 22.6. The van der Waals surface area contributed by atoms with Crippen LogP contribution >= 0.6 is 22.6 Å². The molecule has 2 saturated carbocycles. The first kappa shape index (κ1) is 13.9. The highest BCUT2D eigenvalue weighted by Crippen LogP contribution is 2.40. The van der Waals surface area contributed by atoms with Gasteiger partial charge < -0.3 is 0 Å². The zero-order chi connectivity index (χ0) is 13.1. The van der Waals surface area contributed by atoms with E-state index in [1.165, 1.54) is 64.2 Å². The number of rotatable bonds is 2. The van der Waals surface area contributed by atoms with Crippen LogP contribution in [0.3, 0.4) is 0 Å². The molecule has 0 heterocycles. The highest BCUT2D eigenvalue weighted by molar-refractivity contribution is 14.1. The van der Waals surface area contributed by atoms with Gasteiger partial charge in [-0.25, -0.2) is 0 Å². The predicted octanol–water partition coefficient (Wildman–Crippen LogP) is 6.39. The summed E-state index contributed by atoms with van der Waals surface area (Å²) in [5, 5.41) is 0. The molecule has 2 aliphatic rings. The summed E-state index contributed by atoms with van der Waals surface area (Å²) in [6.07, 6.45) is 14.3. The second-order valence-corrected chi connectivity index (χ2v) is 7.50. The summed E-state index contributed by atoms with van der Waals surface area (Å²) in [5.41, 5.74) is 3.34. The van der Waals surface area contributed by atoms with Crippen LogP contribution in [-0.2, 0) is 0 Å². The molecule has 0 amide bonds. The molecular weight excluding hydrogens is 343 g/mol. The molecule has 2 fully saturated rings. The second kappa shape index (κ2) is 6.60. The van der Waals surface area contributed by atoms with E-state index in [0.29, 0.717) is 0 Å². The lowest BCUT2D eigenvalue weighted by Crippen LogP contribution is -2.11. The minimum Gasteiger partial charge on any atom is -0.0616 e. The van der Waals surface area contributed by atoms with Gasteiger partial charge in [-0.3, -0.25) is 0 Å². The van der Waals surface area contributed by atoms with E-state index in [0.717, 1.165) is 11.8 Å².